The van der Waals surface area contributed by atoms with E-state index in [1.807, 2.05) is 19.9 Å². The van der Waals surface area contributed by atoms with E-state index in [9.17, 15) is 19.2 Å². The van der Waals surface area contributed by atoms with Gasteiger partial charge in [-0.3, -0.25) is 23.5 Å². The Kier molecular flexibility index (Phi) is 7.04. The van der Waals surface area contributed by atoms with E-state index in [1.54, 1.807) is 0 Å². The molecule has 0 atom stereocenters. The third-order valence-electron chi connectivity index (χ3n) is 5.20. The van der Waals surface area contributed by atoms with E-state index >= 15 is 0 Å². The number of ketones is 1. The van der Waals surface area contributed by atoms with Gasteiger partial charge < -0.3 is 10.5 Å². The molecule has 0 saturated heterocycles. The number of carbonyl (C=O) groups is 2. The van der Waals surface area contributed by atoms with Crippen molar-refractivity contribution in [2.45, 2.75) is 44.6 Å². The normalized spacial score (nSPS) is 12.8. The van der Waals surface area contributed by atoms with Crippen LogP contribution >= 0.6 is 11.8 Å². The Hall–Kier alpha value is -2.81. The maximum Gasteiger partial charge on any atom is 0.332 e. The lowest BCUT2D eigenvalue weighted by atomic mass is 10.1. The molecule has 8 nitrogen and oxygen atoms in total. The number of fused-ring (bicyclic) bond motifs is 1. The fraction of sp³-hybridized carbons (Fsp3) is 0.455. The number of benzene rings is 1. The highest BCUT2D eigenvalue weighted by Crippen LogP contribution is 2.27. The van der Waals surface area contributed by atoms with Crippen molar-refractivity contribution in [1.82, 2.24) is 9.13 Å². The molecule has 31 heavy (non-hydrogen) atoms. The van der Waals surface area contributed by atoms with Crippen molar-refractivity contribution in [3.63, 3.8) is 0 Å². The Labute approximate surface area is 184 Å². The van der Waals surface area contributed by atoms with Crippen LogP contribution in [0.15, 0.2) is 32.7 Å². The number of thioether (sulfide) groups is 1. The molecule has 0 bridgehead atoms. The van der Waals surface area contributed by atoms with Gasteiger partial charge in [-0.15, -0.1) is 11.8 Å². The van der Waals surface area contributed by atoms with Gasteiger partial charge in [0.15, 0.2) is 6.61 Å². The molecule has 0 radical (unpaired) electrons. The summed E-state index contributed by atoms with van der Waals surface area (Å²) < 4.78 is 7.12. The van der Waals surface area contributed by atoms with Crippen LogP contribution in [-0.4, -0.2) is 33.2 Å². The molecule has 0 unspecified atom stereocenters. The zero-order valence-electron chi connectivity index (χ0n) is 18.0. The Balaban J connectivity index is 1.65. The minimum absolute atomic E-state index is 0.0480. The SMILES string of the molecule is CC(C)Cn1c(N)c(C(=O)COC(=O)CSc2ccc3c(c2)CCC3)c(=O)n(C)c1=O. The molecule has 0 fully saturated rings. The van der Waals surface area contributed by atoms with E-state index in [2.05, 4.69) is 12.1 Å². The Morgan fingerprint density at radius 2 is 1.90 bits per heavy atom. The van der Waals surface area contributed by atoms with E-state index in [0.717, 1.165) is 28.7 Å². The van der Waals surface area contributed by atoms with Gasteiger partial charge in [-0.25, -0.2) is 4.79 Å². The minimum atomic E-state index is -0.795. The number of nitrogens with two attached hydrogens (primary N) is 1. The van der Waals surface area contributed by atoms with Crippen molar-refractivity contribution in [3.8, 4) is 0 Å². The second-order valence-electron chi connectivity index (χ2n) is 8.07. The molecular formula is C22H27N3O5S. The van der Waals surface area contributed by atoms with Gasteiger partial charge in [-0.1, -0.05) is 19.9 Å². The van der Waals surface area contributed by atoms with Gasteiger partial charge in [0.1, 0.15) is 11.4 Å². The topological polar surface area (TPSA) is 113 Å². The Morgan fingerprint density at radius 1 is 1.19 bits per heavy atom. The first-order valence-corrected chi connectivity index (χ1v) is 11.2. The summed E-state index contributed by atoms with van der Waals surface area (Å²) in [7, 11) is 1.29. The third-order valence-corrected chi connectivity index (χ3v) is 6.17. The maximum atomic E-state index is 12.6. The zero-order valence-corrected chi connectivity index (χ0v) is 18.8. The molecule has 2 aromatic rings. The Morgan fingerprint density at radius 3 is 2.61 bits per heavy atom. The van der Waals surface area contributed by atoms with Crippen molar-refractivity contribution in [3.05, 3.63) is 55.7 Å². The first-order chi connectivity index (χ1) is 14.7. The fourth-order valence-corrected chi connectivity index (χ4v) is 4.38. The summed E-state index contributed by atoms with van der Waals surface area (Å²) in [5, 5.41) is 0. The summed E-state index contributed by atoms with van der Waals surface area (Å²) in [5.41, 5.74) is 6.93. The van der Waals surface area contributed by atoms with Crippen LogP contribution in [-0.2, 0) is 36.0 Å². The molecule has 2 N–H and O–H groups in total. The summed E-state index contributed by atoms with van der Waals surface area (Å²) in [6.45, 7) is 3.43. The number of nitrogens with zero attached hydrogens (tertiary/aromatic N) is 2. The molecule has 0 spiro atoms. The fourth-order valence-electron chi connectivity index (χ4n) is 3.63. The number of anilines is 1. The molecule has 166 valence electrons. The van der Waals surface area contributed by atoms with Crippen LogP contribution in [0.4, 0.5) is 5.82 Å². The number of aryl methyl sites for hydroxylation is 2. The molecule has 3 rings (SSSR count). The van der Waals surface area contributed by atoms with Gasteiger partial charge in [0.05, 0.1) is 5.75 Å². The van der Waals surface area contributed by atoms with Crippen LogP contribution in [0.1, 0.15) is 41.8 Å². The van der Waals surface area contributed by atoms with Crippen molar-refractivity contribution in [2.75, 3.05) is 18.1 Å². The van der Waals surface area contributed by atoms with Crippen LogP contribution in [0.3, 0.4) is 0 Å². The number of carbonyl (C=O) groups excluding carboxylic acids is 2. The van der Waals surface area contributed by atoms with E-state index in [0.29, 0.717) is 0 Å². The highest BCUT2D eigenvalue weighted by Gasteiger charge is 2.23. The van der Waals surface area contributed by atoms with Gasteiger partial charge in [0.25, 0.3) is 5.56 Å². The number of hydrogen-bond donors (Lipinski definition) is 1. The van der Waals surface area contributed by atoms with Gasteiger partial charge in [-0.05, 0) is 48.4 Å². The van der Waals surface area contributed by atoms with Gasteiger partial charge in [-0.2, -0.15) is 0 Å². The summed E-state index contributed by atoms with van der Waals surface area (Å²) in [5.74, 6) is -1.37. The Bertz CT molecular complexity index is 1130. The lowest BCUT2D eigenvalue weighted by Crippen LogP contribution is -2.43. The van der Waals surface area contributed by atoms with Crippen LogP contribution in [0.2, 0.25) is 0 Å². The lowest BCUT2D eigenvalue weighted by Gasteiger charge is -2.16. The van der Waals surface area contributed by atoms with Crippen LogP contribution < -0.4 is 17.0 Å². The summed E-state index contributed by atoms with van der Waals surface area (Å²) in [4.78, 5) is 50.5. The average molecular weight is 446 g/mol. The van der Waals surface area contributed by atoms with Crippen LogP contribution in [0, 0.1) is 5.92 Å². The largest absolute Gasteiger partial charge is 0.457 e. The van der Waals surface area contributed by atoms with Crippen molar-refractivity contribution in [2.24, 2.45) is 13.0 Å². The summed E-state index contributed by atoms with van der Waals surface area (Å²) in [6.07, 6.45) is 3.30. The minimum Gasteiger partial charge on any atom is -0.457 e. The molecule has 1 heterocycles. The molecule has 0 saturated carbocycles. The molecule has 0 aliphatic heterocycles. The molecule has 0 amide bonds. The number of esters is 1. The van der Waals surface area contributed by atoms with Gasteiger partial charge in [0, 0.05) is 18.5 Å². The first-order valence-electron chi connectivity index (χ1n) is 10.2. The molecule has 1 aromatic heterocycles. The second-order valence-corrected chi connectivity index (χ2v) is 9.12. The summed E-state index contributed by atoms with van der Waals surface area (Å²) >= 11 is 1.34. The standard InChI is InChI=1S/C22H27N3O5S/c1-13(2)10-25-20(23)19(21(28)24(3)22(25)29)17(26)11-30-18(27)12-31-16-8-7-14-5-4-6-15(14)9-16/h7-9,13H,4-6,10-12,23H2,1-3H3. The van der Waals surface area contributed by atoms with Crippen molar-refractivity contribution < 1.29 is 14.3 Å². The van der Waals surface area contributed by atoms with Crippen molar-refractivity contribution >= 4 is 29.3 Å². The lowest BCUT2D eigenvalue weighted by molar-refractivity contribution is -0.139. The van der Waals surface area contributed by atoms with E-state index in [4.69, 9.17) is 10.5 Å². The molecule has 1 aliphatic rings. The highest BCUT2D eigenvalue weighted by atomic mass is 32.2. The smallest absolute Gasteiger partial charge is 0.332 e. The third kappa shape index (κ3) is 5.10. The number of rotatable bonds is 8. The number of nitrogen functional groups attached to an aromatic ring is 1. The number of aromatic nitrogens is 2. The van der Waals surface area contributed by atoms with E-state index in [-0.39, 0.29) is 29.6 Å². The molecular weight excluding hydrogens is 418 g/mol. The predicted molar refractivity (Wildman–Crippen MR) is 120 cm³/mol. The monoisotopic (exact) mass is 445 g/mol. The predicted octanol–water partition coefficient (Wildman–Crippen LogP) is 1.79. The van der Waals surface area contributed by atoms with E-state index in [1.165, 1.54) is 34.5 Å². The number of Topliss-reactive ketones (excluding diaryl/α,β-unsaturated/α-hetero) is 1. The first kappa shape index (κ1) is 22.9. The van der Waals surface area contributed by atoms with Crippen molar-refractivity contribution in [1.29, 1.82) is 0 Å². The molecule has 1 aromatic carbocycles. The maximum absolute atomic E-state index is 12.6. The van der Waals surface area contributed by atoms with Gasteiger partial charge in [0.2, 0.25) is 5.78 Å². The van der Waals surface area contributed by atoms with E-state index < -0.39 is 29.6 Å². The summed E-state index contributed by atoms with van der Waals surface area (Å²) in [6, 6.07) is 6.16. The number of hydrogen-bond acceptors (Lipinski definition) is 7. The second kappa shape index (κ2) is 9.55. The average Bonchev–Trinajstić information content (AvgIpc) is 3.20. The highest BCUT2D eigenvalue weighted by molar-refractivity contribution is 8.00. The number of ether oxygens (including phenoxy) is 1. The quantitative estimate of drug-likeness (QED) is 0.374. The van der Waals surface area contributed by atoms with Crippen LogP contribution in [0.5, 0.6) is 0 Å². The van der Waals surface area contributed by atoms with Crippen LogP contribution in [0.25, 0.3) is 0 Å². The van der Waals surface area contributed by atoms with Gasteiger partial charge >= 0.3 is 11.7 Å². The molecule has 9 heteroatoms. The molecule has 1 aliphatic carbocycles. The zero-order chi connectivity index (χ0) is 22.7.